The van der Waals surface area contributed by atoms with Gasteiger partial charge >= 0.3 is 0 Å². The zero-order chi connectivity index (χ0) is 88.9. The molecule has 2 aliphatic heterocycles. The Labute approximate surface area is 732 Å². The van der Waals surface area contributed by atoms with Crippen molar-refractivity contribution in [2.45, 2.75) is 71.8 Å². The molecular formula is C86H106ClN23O14S. The number of benzene rings is 2. The molecule has 11 rings (SSSR count). The quantitative estimate of drug-likeness (QED) is 0.0153. The number of thiophene rings is 1. The summed E-state index contributed by atoms with van der Waals surface area (Å²) in [6, 6.07) is 17.3. The molecule has 0 spiro atoms. The molecule has 0 bridgehead atoms. The maximum Gasteiger partial charge on any atom is 0.291 e. The van der Waals surface area contributed by atoms with Crippen LogP contribution in [0.4, 0.5) is 28.7 Å². The Morgan fingerprint density at radius 2 is 1.08 bits per heavy atom. The Morgan fingerprint density at radius 3 is 1.66 bits per heavy atom. The van der Waals surface area contributed by atoms with Crippen LogP contribution in [0.1, 0.15) is 143 Å². The fraction of sp³-hybridized carbons (Fsp3) is 0.430. The molecule has 9 N–H and O–H groups in total. The van der Waals surface area contributed by atoms with Gasteiger partial charge in [0.15, 0.2) is 23.3 Å². The van der Waals surface area contributed by atoms with Crippen molar-refractivity contribution in [2.24, 2.45) is 46.1 Å². The number of piperidine rings is 1. The van der Waals surface area contributed by atoms with Crippen molar-refractivity contribution in [3.05, 3.63) is 171 Å². The van der Waals surface area contributed by atoms with Crippen LogP contribution in [0.15, 0.2) is 103 Å². The molecule has 2 aromatic carbocycles. The maximum atomic E-state index is 13.8. The second-order valence-corrected chi connectivity index (χ2v) is 31.6. The molecule has 9 heterocycles. The number of aromatic nitrogens is 11. The molecular weight excluding hydrogens is 1650 g/mol. The smallest absolute Gasteiger partial charge is 0.291 e. The van der Waals surface area contributed by atoms with Gasteiger partial charge in [-0.3, -0.25) is 57.6 Å². The van der Waals surface area contributed by atoms with E-state index < -0.39 is 47.4 Å². The highest BCUT2D eigenvalue weighted by atomic mass is 35.5. The number of ether oxygens (including phenoxy) is 5. The van der Waals surface area contributed by atoms with Crippen molar-refractivity contribution in [3.63, 3.8) is 0 Å². The molecule has 9 aromatic rings. The minimum Gasteiger partial charge on any atom is -0.378 e. The van der Waals surface area contributed by atoms with Crippen LogP contribution in [0.25, 0.3) is 5.00 Å². The number of halogens is 1. The molecule has 1 saturated heterocycles. The number of aliphatic imine (C=N–C) groups is 1. The number of rotatable bonds is 44. The van der Waals surface area contributed by atoms with Crippen LogP contribution >= 0.6 is 22.9 Å². The number of carbonyl (C=O) groups is 9. The number of carbonyl (C=O) groups excluding carboxylic acids is 9. The van der Waals surface area contributed by atoms with E-state index in [1.54, 1.807) is 63.5 Å². The Balaban J connectivity index is 0.485. The molecule has 0 radical (unpaired) electrons. The van der Waals surface area contributed by atoms with E-state index in [-0.39, 0.29) is 116 Å². The number of hydrogen-bond acceptors (Lipinski definition) is 23. The summed E-state index contributed by atoms with van der Waals surface area (Å²) in [6.07, 6.45) is 12.4. The molecule has 1 fully saturated rings. The van der Waals surface area contributed by atoms with E-state index >= 15 is 0 Å². The summed E-state index contributed by atoms with van der Waals surface area (Å²) in [4.78, 5) is 141. The Morgan fingerprint density at radius 1 is 0.536 bits per heavy atom. The third kappa shape index (κ3) is 27.5. The number of anilines is 5. The lowest BCUT2D eigenvalue weighted by molar-refractivity contribution is -0.121. The number of fused-ring (bicyclic) bond motifs is 3. The van der Waals surface area contributed by atoms with E-state index in [0.717, 1.165) is 71.4 Å². The summed E-state index contributed by atoms with van der Waals surface area (Å²) in [5, 5.41) is 35.0. The van der Waals surface area contributed by atoms with Crippen molar-refractivity contribution in [3.8, 4) is 28.7 Å². The van der Waals surface area contributed by atoms with Gasteiger partial charge in [0.2, 0.25) is 35.3 Å². The van der Waals surface area contributed by atoms with Gasteiger partial charge in [-0.25, -0.2) is 15.0 Å². The Kier molecular flexibility index (Phi) is 34.5. The van der Waals surface area contributed by atoms with E-state index in [1.165, 1.54) is 72.9 Å². The first-order valence-electron chi connectivity index (χ1n) is 41.1. The first-order valence-corrected chi connectivity index (χ1v) is 42.3. The molecule has 0 aliphatic carbocycles. The van der Waals surface area contributed by atoms with Gasteiger partial charge in [-0.15, -0.1) is 21.5 Å². The van der Waals surface area contributed by atoms with Crippen LogP contribution < -0.4 is 47.9 Å². The summed E-state index contributed by atoms with van der Waals surface area (Å²) < 4.78 is 38.0. The first kappa shape index (κ1) is 93.2. The highest BCUT2D eigenvalue weighted by Gasteiger charge is 2.33. The lowest BCUT2D eigenvalue weighted by atomic mass is 9.93. The second-order valence-electron chi connectivity index (χ2n) is 30.0. The van der Waals surface area contributed by atoms with Crippen LogP contribution in [-0.2, 0) is 78.1 Å². The van der Waals surface area contributed by atoms with E-state index in [2.05, 4.69) is 127 Å². The second kappa shape index (κ2) is 46.3. The van der Waals surface area contributed by atoms with Crippen LogP contribution in [0.2, 0.25) is 5.02 Å². The predicted octanol–water partition coefficient (Wildman–Crippen LogP) is 6.14. The van der Waals surface area contributed by atoms with Crippen LogP contribution in [0.5, 0.6) is 0 Å². The summed E-state index contributed by atoms with van der Waals surface area (Å²) in [5.41, 5.74) is 6.27. The number of amides is 9. The highest BCUT2D eigenvalue weighted by molar-refractivity contribution is 7.15. The minimum atomic E-state index is -0.639. The summed E-state index contributed by atoms with van der Waals surface area (Å²) >= 11 is 7.96. The van der Waals surface area contributed by atoms with Crippen LogP contribution in [-0.4, -0.2) is 253 Å². The Hall–Kier alpha value is -12.5. The molecule has 39 heteroatoms. The average Bonchev–Trinajstić information content (AvgIpc) is 1.59. The first-order chi connectivity index (χ1) is 60.3. The zero-order valence-electron chi connectivity index (χ0n) is 71.5. The maximum absolute atomic E-state index is 13.8. The van der Waals surface area contributed by atoms with Gasteiger partial charge in [-0.05, 0) is 139 Å². The van der Waals surface area contributed by atoms with Crippen molar-refractivity contribution < 1.29 is 66.8 Å². The molecule has 125 heavy (non-hydrogen) atoms. The van der Waals surface area contributed by atoms with Gasteiger partial charge in [0.1, 0.15) is 28.3 Å². The lowest BCUT2D eigenvalue weighted by Gasteiger charge is -2.30. The molecule has 2 aliphatic rings. The number of likely N-dealkylation sites (tertiary alicyclic amines) is 1. The van der Waals surface area contributed by atoms with E-state index in [1.807, 2.05) is 60.0 Å². The number of hydrogen-bond donors (Lipinski definition) is 9. The van der Waals surface area contributed by atoms with E-state index in [0.29, 0.717) is 94.1 Å². The predicted molar refractivity (Wildman–Crippen MR) is 470 cm³/mol. The largest absolute Gasteiger partial charge is 0.378 e. The SMILES string of the molecule is Cc1sc2c(c1C)C(c1ccc(Cl)cc1)=N[C@@H](CC(=O)Nc1ccc(C#CC#CCN(CCOCCOCCOCCOCCOCCNC(=O)CCNC(=O)c3nc(NC(=O)CCNC(=O)c4cc(NC(=O)c5nc(NC(=O)CCNC(=O)c6cc(NC(=O)c7nccn7C)cn6C)cn5C)cn4C)cn3C)CCC3CCN(C)CC3)cc1)c1nnc(C)n1-2. The number of nitrogens with one attached hydrogen (secondary N) is 9. The van der Waals surface area contributed by atoms with Crippen molar-refractivity contribution >= 4 is 111 Å². The average molecular weight is 1750 g/mol. The fourth-order valence-electron chi connectivity index (χ4n) is 13.7. The molecule has 37 nitrogen and oxygen atoms in total. The Bertz CT molecular complexity index is 5430. The summed E-state index contributed by atoms with van der Waals surface area (Å²) in [6.45, 7) is 14.6. The normalized spacial score (nSPS) is 13.1. The standard InChI is InChI=1S/C86H106ClN23O14S/c1-56-57(2)125-86-75(56)76(61-16-18-62(87)19-17-61)96-66(77-102-101-58(3)110(77)86)51-74(114)93-63-20-14-59(15-21-63)13-11-10-12-33-109(36-27-60-25-34-103(4)35-26-60)38-40-121-42-44-123-46-48-124-47-45-122-43-41-120-39-32-88-71(111)22-28-92-83(117)79-99-69(54-107(79)8)97-72(112)23-29-91-82(116)68-50-65(53-106(68)7)95-85(119)80-100-70(55-108(80)9)98-73(113)24-30-90-81(115)67-49-64(52-105(67)6)94-84(118)78-89-31-37-104(78)5/h14-21,31,37,49-50,52-55,60,66H,22-30,32-36,38-48,51H2,1-9H3,(H,88,111)(H,90,115)(H,91,116)(H,92,117)(H,93,114)(H,94,118)(H,95,119)(H,97,112)(H,98,113)/t66-/m0/s1. The number of nitrogens with zero attached hydrogens (tertiary/aromatic N) is 14. The summed E-state index contributed by atoms with van der Waals surface area (Å²) in [7, 11) is 10.2. The molecule has 9 amide bonds. The van der Waals surface area contributed by atoms with Gasteiger partial charge in [-0.1, -0.05) is 35.6 Å². The van der Waals surface area contributed by atoms with E-state index in [4.69, 9.17) is 40.3 Å². The van der Waals surface area contributed by atoms with E-state index in [9.17, 15) is 43.2 Å². The molecule has 0 unspecified atom stereocenters. The molecule has 662 valence electrons. The third-order valence-corrected chi connectivity index (χ3v) is 21.9. The topological polar surface area (TPSA) is 421 Å². The van der Waals surface area contributed by atoms with Gasteiger partial charge in [0.05, 0.1) is 96.1 Å². The van der Waals surface area contributed by atoms with Gasteiger partial charge < -0.3 is 99.3 Å². The molecule has 0 saturated carbocycles. The minimum absolute atomic E-state index is 0.00613. The van der Waals surface area contributed by atoms with Crippen molar-refractivity contribution in [1.82, 2.24) is 83.6 Å². The van der Waals surface area contributed by atoms with Crippen molar-refractivity contribution in [1.29, 1.82) is 0 Å². The van der Waals surface area contributed by atoms with Gasteiger partial charge in [0, 0.05) is 157 Å². The third-order valence-electron chi connectivity index (χ3n) is 20.5. The van der Waals surface area contributed by atoms with Gasteiger partial charge in [0.25, 0.3) is 29.5 Å². The van der Waals surface area contributed by atoms with Crippen molar-refractivity contribution in [2.75, 3.05) is 159 Å². The monoisotopic (exact) mass is 1750 g/mol. The van der Waals surface area contributed by atoms with Gasteiger partial charge in [-0.2, -0.15) is 0 Å². The summed E-state index contributed by atoms with van der Waals surface area (Å²) in [5.74, 6) is 10.6. The zero-order valence-corrected chi connectivity index (χ0v) is 73.1. The molecule has 1 atom stereocenters. The van der Waals surface area contributed by atoms with Crippen LogP contribution in [0.3, 0.4) is 0 Å². The fourth-order valence-corrected chi connectivity index (χ4v) is 15.0. The number of aryl methyl sites for hydroxylation is 7. The number of imidazole rings is 3. The van der Waals surface area contributed by atoms with Crippen LogP contribution in [0, 0.1) is 50.4 Å². The lowest BCUT2D eigenvalue weighted by Crippen LogP contribution is -2.34. The highest BCUT2D eigenvalue weighted by Crippen LogP contribution is 2.40. The molecule has 7 aromatic heterocycles.